The Kier molecular flexibility index (Phi) is 7.71. The molecule has 166 valence electrons. The summed E-state index contributed by atoms with van der Waals surface area (Å²) in [6, 6.07) is 6.28. The Morgan fingerprint density at radius 2 is 2.10 bits per heavy atom. The van der Waals surface area contributed by atoms with E-state index in [1.54, 1.807) is 23.1 Å². The van der Waals surface area contributed by atoms with Crippen molar-refractivity contribution >= 4 is 35.1 Å². The SMILES string of the molecule is N#C[C@@H]1CCCN1C(=O)[C@@H]1CC[C@H](COc2cc(NC(=O)CCC(=O)O)ccc2Cl)N1. The number of anilines is 1. The van der Waals surface area contributed by atoms with Crippen LogP contribution in [0.15, 0.2) is 18.2 Å². The second-order valence-corrected chi connectivity index (χ2v) is 8.12. The maximum atomic E-state index is 12.7. The molecule has 2 aliphatic heterocycles. The Hall–Kier alpha value is -2.83. The first-order chi connectivity index (χ1) is 14.9. The van der Waals surface area contributed by atoms with E-state index in [0.717, 1.165) is 19.3 Å². The largest absolute Gasteiger partial charge is 0.490 e. The maximum absolute atomic E-state index is 12.7. The number of carbonyl (C=O) groups excluding carboxylic acids is 2. The second-order valence-electron chi connectivity index (χ2n) is 7.71. The van der Waals surface area contributed by atoms with Crippen molar-refractivity contribution in [3.8, 4) is 11.8 Å². The van der Waals surface area contributed by atoms with Crippen molar-refractivity contribution in [2.75, 3.05) is 18.5 Å². The maximum Gasteiger partial charge on any atom is 0.303 e. The number of aliphatic carboxylic acids is 1. The van der Waals surface area contributed by atoms with Crippen molar-refractivity contribution in [3.05, 3.63) is 23.2 Å². The molecule has 0 aliphatic carbocycles. The lowest BCUT2D eigenvalue weighted by molar-refractivity contribution is -0.138. The Morgan fingerprint density at radius 1 is 1.29 bits per heavy atom. The highest BCUT2D eigenvalue weighted by Crippen LogP contribution is 2.29. The molecular formula is C21H25ClN4O5. The molecule has 2 aliphatic rings. The predicted octanol–water partition coefficient (Wildman–Crippen LogP) is 2.16. The summed E-state index contributed by atoms with van der Waals surface area (Å²) < 4.78 is 5.82. The van der Waals surface area contributed by atoms with E-state index in [2.05, 4.69) is 16.7 Å². The molecule has 2 fully saturated rings. The van der Waals surface area contributed by atoms with Crippen LogP contribution in [-0.4, -0.2) is 59.1 Å². The van der Waals surface area contributed by atoms with Gasteiger partial charge in [0.05, 0.1) is 23.6 Å². The highest BCUT2D eigenvalue weighted by molar-refractivity contribution is 6.32. The minimum atomic E-state index is -1.04. The number of nitriles is 1. The molecule has 0 aromatic heterocycles. The van der Waals surface area contributed by atoms with Gasteiger partial charge in [0.1, 0.15) is 18.4 Å². The van der Waals surface area contributed by atoms with Crippen LogP contribution in [0.1, 0.15) is 38.5 Å². The van der Waals surface area contributed by atoms with Crippen LogP contribution in [0.5, 0.6) is 5.75 Å². The van der Waals surface area contributed by atoms with E-state index in [-0.39, 0.29) is 36.9 Å². The van der Waals surface area contributed by atoms with E-state index in [1.807, 2.05) is 0 Å². The van der Waals surface area contributed by atoms with E-state index < -0.39 is 11.9 Å². The number of benzene rings is 1. The predicted molar refractivity (Wildman–Crippen MR) is 113 cm³/mol. The van der Waals surface area contributed by atoms with Gasteiger partial charge in [-0.1, -0.05) is 11.6 Å². The number of carboxylic acids is 1. The lowest BCUT2D eigenvalue weighted by atomic mass is 10.1. The summed E-state index contributed by atoms with van der Waals surface area (Å²) in [6.07, 6.45) is 2.63. The first-order valence-electron chi connectivity index (χ1n) is 10.3. The molecule has 3 atom stereocenters. The van der Waals surface area contributed by atoms with Crippen LogP contribution in [0.3, 0.4) is 0 Å². The Balaban J connectivity index is 1.51. The van der Waals surface area contributed by atoms with Crippen molar-refractivity contribution in [2.24, 2.45) is 0 Å². The lowest BCUT2D eigenvalue weighted by Gasteiger charge is -2.24. The number of hydrogen-bond donors (Lipinski definition) is 3. The number of likely N-dealkylation sites (tertiary alicyclic amines) is 1. The summed E-state index contributed by atoms with van der Waals surface area (Å²) in [7, 11) is 0. The molecule has 3 N–H and O–H groups in total. The molecule has 3 rings (SSSR count). The first kappa shape index (κ1) is 22.8. The van der Waals surface area contributed by atoms with Crippen molar-refractivity contribution in [2.45, 2.75) is 56.7 Å². The number of hydrogen-bond acceptors (Lipinski definition) is 6. The van der Waals surface area contributed by atoms with Gasteiger partial charge in [-0.2, -0.15) is 5.26 Å². The zero-order valence-corrected chi connectivity index (χ0v) is 17.7. The minimum absolute atomic E-state index is 0.0318. The number of carbonyl (C=O) groups is 3. The number of carboxylic acid groups (broad SMARTS) is 1. The van der Waals surface area contributed by atoms with Crippen LogP contribution in [0, 0.1) is 11.3 Å². The number of amides is 2. The van der Waals surface area contributed by atoms with Gasteiger partial charge in [0.25, 0.3) is 0 Å². The summed E-state index contributed by atoms with van der Waals surface area (Å²) >= 11 is 6.19. The molecule has 1 aromatic carbocycles. The third-order valence-electron chi connectivity index (χ3n) is 5.44. The van der Waals surface area contributed by atoms with Crippen molar-refractivity contribution in [1.29, 1.82) is 5.26 Å². The average Bonchev–Trinajstić information content (AvgIpc) is 3.41. The normalized spacial score (nSPS) is 22.7. The molecule has 0 bridgehead atoms. The Labute approximate surface area is 185 Å². The van der Waals surface area contributed by atoms with Gasteiger partial charge >= 0.3 is 5.97 Å². The van der Waals surface area contributed by atoms with Crippen LogP contribution in [0.25, 0.3) is 0 Å². The van der Waals surface area contributed by atoms with Gasteiger partial charge in [-0.15, -0.1) is 0 Å². The molecule has 2 heterocycles. The summed E-state index contributed by atoms with van der Waals surface area (Å²) in [6.45, 7) is 0.915. The Bertz CT molecular complexity index is 887. The van der Waals surface area contributed by atoms with E-state index in [4.69, 9.17) is 21.4 Å². The molecule has 31 heavy (non-hydrogen) atoms. The summed E-state index contributed by atoms with van der Waals surface area (Å²) in [5.74, 6) is -1.09. The fourth-order valence-corrected chi connectivity index (χ4v) is 4.01. The summed E-state index contributed by atoms with van der Waals surface area (Å²) in [5, 5.41) is 24.1. The second kappa shape index (κ2) is 10.5. The van der Waals surface area contributed by atoms with Gasteiger partial charge in [0, 0.05) is 30.8 Å². The number of nitrogens with zero attached hydrogens (tertiary/aromatic N) is 2. The van der Waals surface area contributed by atoms with Crippen molar-refractivity contribution in [1.82, 2.24) is 10.2 Å². The highest BCUT2D eigenvalue weighted by atomic mass is 35.5. The molecule has 0 spiro atoms. The number of rotatable bonds is 8. The van der Waals surface area contributed by atoms with Gasteiger partial charge in [-0.3, -0.25) is 19.7 Å². The van der Waals surface area contributed by atoms with Gasteiger partial charge in [0.15, 0.2) is 0 Å². The average molecular weight is 449 g/mol. The number of halogens is 1. The smallest absolute Gasteiger partial charge is 0.303 e. The van der Waals surface area contributed by atoms with E-state index >= 15 is 0 Å². The third-order valence-corrected chi connectivity index (χ3v) is 5.76. The first-order valence-corrected chi connectivity index (χ1v) is 10.7. The third kappa shape index (κ3) is 6.09. The van der Waals surface area contributed by atoms with Crippen LogP contribution in [0.2, 0.25) is 5.02 Å². The van der Waals surface area contributed by atoms with Gasteiger partial charge in [-0.25, -0.2) is 0 Å². The van der Waals surface area contributed by atoms with Crippen LogP contribution < -0.4 is 15.4 Å². The fraction of sp³-hybridized carbons (Fsp3) is 0.524. The standard InChI is InChI=1S/C21H25ClN4O5/c22-16-5-3-13(25-19(27)7-8-20(28)29)10-18(16)31-12-14-4-6-17(24-14)21(30)26-9-1-2-15(26)11-23/h3,5,10,14-15,17,24H,1-2,4,6-9,12H2,(H,25,27)(H,28,29)/t14-,15+,17+/m1/s1. The van der Waals surface area contributed by atoms with Crippen LogP contribution in [0.4, 0.5) is 5.69 Å². The van der Waals surface area contributed by atoms with E-state index in [9.17, 15) is 19.6 Å². The van der Waals surface area contributed by atoms with Gasteiger partial charge < -0.3 is 20.1 Å². The molecule has 0 saturated carbocycles. The molecular weight excluding hydrogens is 424 g/mol. The molecule has 2 saturated heterocycles. The zero-order valence-electron chi connectivity index (χ0n) is 17.0. The lowest BCUT2D eigenvalue weighted by Crippen LogP contribution is -2.47. The summed E-state index contributed by atoms with van der Waals surface area (Å²) in [4.78, 5) is 36.8. The highest BCUT2D eigenvalue weighted by Gasteiger charge is 2.37. The van der Waals surface area contributed by atoms with Crippen LogP contribution >= 0.6 is 11.6 Å². The molecule has 0 radical (unpaired) electrons. The quantitative estimate of drug-likeness (QED) is 0.555. The number of nitrogens with one attached hydrogen (secondary N) is 2. The topological polar surface area (TPSA) is 132 Å². The van der Waals surface area contributed by atoms with E-state index in [0.29, 0.717) is 36.0 Å². The molecule has 1 aromatic rings. The minimum Gasteiger partial charge on any atom is -0.490 e. The number of ether oxygens (including phenoxy) is 1. The molecule has 0 unspecified atom stereocenters. The van der Waals surface area contributed by atoms with Crippen molar-refractivity contribution in [3.63, 3.8) is 0 Å². The molecule has 9 nitrogen and oxygen atoms in total. The zero-order chi connectivity index (χ0) is 22.4. The summed E-state index contributed by atoms with van der Waals surface area (Å²) in [5.41, 5.74) is 0.457. The molecule has 2 amide bonds. The van der Waals surface area contributed by atoms with Gasteiger partial charge in [-0.05, 0) is 37.8 Å². The monoisotopic (exact) mass is 448 g/mol. The van der Waals surface area contributed by atoms with Crippen molar-refractivity contribution < 1.29 is 24.2 Å². The van der Waals surface area contributed by atoms with Crippen LogP contribution in [-0.2, 0) is 14.4 Å². The molecule has 10 heteroatoms. The fourth-order valence-electron chi connectivity index (χ4n) is 3.84. The van der Waals surface area contributed by atoms with Gasteiger partial charge in [0.2, 0.25) is 11.8 Å². The van der Waals surface area contributed by atoms with E-state index in [1.165, 1.54) is 0 Å². The Morgan fingerprint density at radius 3 is 2.84 bits per heavy atom.